The Hall–Kier alpha value is -3.30. The zero-order valence-corrected chi connectivity index (χ0v) is 18.1. The van der Waals surface area contributed by atoms with Crippen LogP contribution in [0.2, 0.25) is 0 Å². The minimum Gasteiger partial charge on any atom is -0.369 e. The lowest BCUT2D eigenvalue weighted by Gasteiger charge is -2.36. The molecule has 0 saturated carbocycles. The quantitative estimate of drug-likeness (QED) is 0.499. The van der Waals surface area contributed by atoms with Crippen LogP contribution in [-0.2, 0) is 0 Å². The molecule has 2 fully saturated rings. The van der Waals surface area contributed by atoms with Gasteiger partial charge in [-0.3, -0.25) is 14.9 Å². The molecule has 176 valence electrons. The normalized spacial score (nSPS) is 17.1. The number of nitrogens with zero attached hydrogens (tertiary/aromatic N) is 4. The third-order valence-corrected chi connectivity index (χ3v) is 6.28. The lowest BCUT2D eigenvalue weighted by atomic mass is 10.1. The van der Waals surface area contributed by atoms with Crippen LogP contribution in [0.25, 0.3) is 0 Å². The van der Waals surface area contributed by atoms with Crippen molar-refractivity contribution in [2.45, 2.75) is 25.7 Å². The summed E-state index contributed by atoms with van der Waals surface area (Å²) in [4.78, 5) is 28.8. The minimum atomic E-state index is -1.19. The predicted molar refractivity (Wildman–Crippen MR) is 118 cm³/mol. The summed E-state index contributed by atoms with van der Waals surface area (Å²) < 4.78 is 42.4. The van der Waals surface area contributed by atoms with Gasteiger partial charge in [0, 0.05) is 39.3 Å². The third kappa shape index (κ3) is 4.74. The molecule has 2 aromatic carbocycles. The van der Waals surface area contributed by atoms with Gasteiger partial charge >= 0.3 is 0 Å². The molecule has 2 aliphatic heterocycles. The van der Waals surface area contributed by atoms with Gasteiger partial charge in [0.05, 0.1) is 22.2 Å². The molecule has 10 heteroatoms. The van der Waals surface area contributed by atoms with E-state index in [0.29, 0.717) is 24.5 Å². The van der Waals surface area contributed by atoms with Crippen LogP contribution in [0.5, 0.6) is 0 Å². The number of nitro benzene ring substituents is 1. The molecule has 0 spiro atoms. The molecule has 4 rings (SSSR count). The summed E-state index contributed by atoms with van der Waals surface area (Å²) in [7, 11) is 0. The Morgan fingerprint density at radius 3 is 2.09 bits per heavy atom. The number of anilines is 2. The molecule has 2 aromatic rings. The Kier molecular flexibility index (Phi) is 6.71. The van der Waals surface area contributed by atoms with E-state index in [1.54, 1.807) is 4.90 Å². The average Bonchev–Trinajstić information content (AvgIpc) is 3.10. The van der Waals surface area contributed by atoms with E-state index >= 15 is 0 Å². The van der Waals surface area contributed by atoms with Crippen LogP contribution in [0.3, 0.4) is 0 Å². The number of rotatable bonds is 4. The standard InChI is InChI=1S/C23H25F3N4O3/c24-17-7-5-6-16(22(17)26)23(31)29-12-10-28(11-13-29)20-15-19(18(25)14-21(20)30(32)33)27-8-3-1-2-4-9-27/h5-7,14-15H,1-4,8-13H2. The lowest BCUT2D eigenvalue weighted by Crippen LogP contribution is -2.49. The maximum atomic E-state index is 14.8. The van der Waals surface area contributed by atoms with Crippen LogP contribution in [0.4, 0.5) is 30.2 Å². The molecule has 0 unspecified atom stereocenters. The van der Waals surface area contributed by atoms with Crippen molar-refractivity contribution in [1.29, 1.82) is 0 Å². The van der Waals surface area contributed by atoms with E-state index in [1.165, 1.54) is 23.1 Å². The maximum absolute atomic E-state index is 14.8. The fourth-order valence-corrected chi connectivity index (χ4v) is 4.48. The van der Waals surface area contributed by atoms with Crippen molar-refractivity contribution < 1.29 is 22.9 Å². The number of halogens is 3. The van der Waals surface area contributed by atoms with Gasteiger partial charge in [-0.15, -0.1) is 0 Å². The van der Waals surface area contributed by atoms with Crippen LogP contribution in [-0.4, -0.2) is 55.0 Å². The average molecular weight is 462 g/mol. The highest BCUT2D eigenvalue weighted by Crippen LogP contribution is 2.36. The Balaban J connectivity index is 1.55. The molecular weight excluding hydrogens is 437 g/mol. The van der Waals surface area contributed by atoms with Gasteiger partial charge in [0.25, 0.3) is 11.6 Å². The van der Waals surface area contributed by atoms with Crippen LogP contribution in [0, 0.1) is 27.6 Å². The summed E-state index contributed by atoms with van der Waals surface area (Å²) in [6.07, 6.45) is 4.01. The van der Waals surface area contributed by atoms with Crippen molar-refractivity contribution in [3.8, 4) is 0 Å². The topological polar surface area (TPSA) is 69.9 Å². The number of hydrogen-bond acceptors (Lipinski definition) is 5. The molecule has 2 heterocycles. The number of nitro groups is 1. The number of carbonyl (C=O) groups is 1. The molecule has 2 saturated heterocycles. The van der Waals surface area contributed by atoms with Gasteiger partial charge in [-0.1, -0.05) is 18.9 Å². The molecule has 33 heavy (non-hydrogen) atoms. The second kappa shape index (κ2) is 9.68. The van der Waals surface area contributed by atoms with Gasteiger partial charge in [0.1, 0.15) is 5.69 Å². The molecule has 0 bridgehead atoms. The highest BCUT2D eigenvalue weighted by molar-refractivity contribution is 5.94. The first-order valence-electron chi connectivity index (χ1n) is 11.1. The number of amides is 1. The lowest BCUT2D eigenvalue weighted by molar-refractivity contribution is -0.384. The van der Waals surface area contributed by atoms with Crippen LogP contribution in [0.1, 0.15) is 36.0 Å². The molecule has 2 aliphatic rings. The van der Waals surface area contributed by atoms with E-state index < -0.39 is 28.3 Å². The monoisotopic (exact) mass is 462 g/mol. The SMILES string of the molecule is O=C(c1cccc(F)c1F)N1CCN(c2cc(N3CCCCCC3)c(F)cc2[N+](=O)[O-])CC1. The van der Waals surface area contributed by atoms with Gasteiger partial charge in [-0.2, -0.15) is 0 Å². The van der Waals surface area contributed by atoms with E-state index in [1.807, 2.05) is 4.90 Å². The number of carbonyl (C=O) groups excluding carboxylic acids is 1. The Labute approximate surface area is 189 Å². The molecule has 0 N–H and O–H groups in total. The first-order valence-corrected chi connectivity index (χ1v) is 11.1. The maximum Gasteiger partial charge on any atom is 0.295 e. The second-order valence-electron chi connectivity index (χ2n) is 8.33. The second-order valence-corrected chi connectivity index (χ2v) is 8.33. The molecule has 7 nitrogen and oxygen atoms in total. The Bertz CT molecular complexity index is 1050. The summed E-state index contributed by atoms with van der Waals surface area (Å²) in [5.41, 5.74) is -0.0378. The van der Waals surface area contributed by atoms with Gasteiger partial charge in [-0.05, 0) is 31.0 Å². The van der Waals surface area contributed by atoms with Crippen molar-refractivity contribution in [1.82, 2.24) is 4.90 Å². The van der Waals surface area contributed by atoms with E-state index in [0.717, 1.165) is 37.8 Å². The van der Waals surface area contributed by atoms with Gasteiger partial charge < -0.3 is 14.7 Å². The Morgan fingerprint density at radius 1 is 0.818 bits per heavy atom. The number of piperazine rings is 1. The van der Waals surface area contributed by atoms with Crippen LogP contribution >= 0.6 is 0 Å². The predicted octanol–water partition coefficient (Wildman–Crippen LogP) is 4.35. The van der Waals surface area contributed by atoms with E-state index in [9.17, 15) is 28.1 Å². The largest absolute Gasteiger partial charge is 0.369 e. The summed E-state index contributed by atoms with van der Waals surface area (Å²) in [5.74, 6) is -3.54. The van der Waals surface area contributed by atoms with Gasteiger partial charge in [0.15, 0.2) is 17.5 Å². The van der Waals surface area contributed by atoms with Crippen molar-refractivity contribution in [2.75, 3.05) is 49.1 Å². The fraction of sp³-hybridized carbons (Fsp3) is 0.435. The Morgan fingerprint density at radius 2 is 1.45 bits per heavy atom. The zero-order chi connectivity index (χ0) is 23.5. The van der Waals surface area contributed by atoms with E-state index in [2.05, 4.69) is 0 Å². The minimum absolute atomic E-state index is 0.169. The smallest absolute Gasteiger partial charge is 0.295 e. The fourth-order valence-electron chi connectivity index (χ4n) is 4.48. The summed E-state index contributed by atoms with van der Waals surface area (Å²) in [6.45, 7) is 2.21. The molecule has 0 aromatic heterocycles. The van der Waals surface area contributed by atoms with Gasteiger partial charge in [-0.25, -0.2) is 13.2 Å². The van der Waals surface area contributed by atoms with E-state index in [4.69, 9.17) is 0 Å². The third-order valence-electron chi connectivity index (χ3n) is 6.28. The summed E-state index contributed by atoms with van der Waals surface area (Å²) >= 11 is 0. The van der Waals surface area contributed by atoms with E-state index in [-0.39, 0.29) is 37.4 Å². The molecule has 0 aliphatic carbocycles. The van der Waals surface area contributed by atoms with Crippen LogP contribution < -0.4 is 9.80 Å². The van der Waals surface area contributed by atoms with Crippen molar-refractivity contribution in [3.05, 3.63) is 63.5 Å². The molecular formula is C23H25F3N4O3. The zero-order valence-electron chi connectivity index (χ0n) is 18.1. The van der Waals surface area contributed by atoms with Crippen LogP contribution in [0.15, 0.2) is 30.3 Å². The number of benzene rings is 2. The molecule has 0 atom stereocenters. The highest BCUT2D eigenvalue weighted by Gasteiger charge is 2.30. The van der Waals surface area contributed by atoms with Crippen molar-refractivity contribution in [2.24, 2.45) is 0 Å². The number of hydrogen-bond donors (Lipinski definition) is 0. The summed E-state index contributed by atoms with van der Waals surface area (Å²) in [5, 5.41) is 11.6. The highest BCUT2D eigenvalue weighted by atomic mass is 19.2. The van der Waals surface area contributed by atoms with Gasteiger partial charge in [0.2, 0.25) is 0 Å². The molecule has 0 radical (unpaired) electrons. The summed E-state index contributed by atoms with van der Waals surface area (Å²) in [6, 6.07) is 5.94. The first-order chi connectivity index (χ1) is 15.9. The first kappa shape index (κ1) is 22.9. The van der Waals surface area contributed by atoms with Crippen molar-refractivity contribution in [3.63, 3.8) is 0 Å². The van der Waals surface area contributed by atoms with Crippen molar-refractivity contribution >= 4 is 23.0 Å². The molecule has 1 amide bonds.